The first-order valence-electron chi connectivity index (χ1n) is 16.4. The average molecular weight is 950 g/mol. The molecule has 2 aromatic carbocycles. The van der Waals surface area contributed by atoms with E-state index in [2.05, 4.69) is 30.2 Å². The standard InChI is InChI=1S/2C17H22N4O2S2.Pt/c2*1-12-3-4-14-13(11-12)15(18-19-17(24)25-2)16(22)21(14)6-5-20-7-9-23-10-8-20;/h2*3-4,11H,5-10H2,1-2H3,(H,19,24);/q;;+2/p-2/b2*18-15+;. The van der Waals surface area contributed by atoms with Crippen molar-refractivity contribution in [3.63, 3.8) is 0 Å². The molecule has 2 amide bonds. The molecule has 4 aliphatic heterocycles. The maximum atomic E-state index is 12.9. The number of carbonyl (C=O) groups excluding carboxylic acids is 2. The van der Waals surface area contributed by atoms with E-state index in [1.807, 2.05) is 62.8 Å². The molecule has 4 aliphatic rings. The molecule has 17 heteroatoms. The summed E-state index contributed by atoms with van der Waals surface area (Å²) in [6.45, 7) is 13.5. The van der Waals surface area contributed by atoms with Gasteiger partial charge in [-0.05, 0) is 59.4 Å². The summed E-state index contributed by atoms with van der Waals surface area (Å²) in [6.07, 6.45) is 3.68. The summed E-state index contributed by atoms with van der Waals surface area (Å²) < 4.78 is 11.6. The number of aryl methyl sites for hydroxylation is 2. The van der Waals surface area contributed by atoms with Crippen LogP contribution in [0.15, 0.2) is 56.8 Å². The number of morpholine rings is 2. The largest absolute Gasteiger partial charge is 2.00 e. The first-order chi connectivity index (χ1) is 24.2. The summed E-state index contributed by atoms with van der Waals surface area (Å²) in [5.74, 6) is -0.219. The van der Waals surface area contributed by atoms with E-state index in [9.17, 15) is 9.59 Å². The second-order valence-corrected chi connectivity index (χ2v) is 14.8. The van der Waals surface area contributed by atoms with Crippen molar-refractivity contribution in [2.45, 2.75) is 13.8 Å². The summed E-state index contributed by atoms with van der Waals surface area (Å²) in [7, 11) is 0. The molecule has 276 valence electrons. The number of nitrogens with zero attached hydrogens (tertiary/aromatic N) is 8. The van der Waals surface area contributed by atoms with Gasteiger partial charge in [0.2, 0.25) is 0 Å². The maximum Gasteiger partial charge on any atom is 2.00 e. The van der Waals surface area contributed by atoms with Gasteiger partial charge in [-0.25, -0.2) is 0 Å². The molecular formula is C34H42N8O4PtS4. The molecule has 0 bridgehead atoms. The predicted octanol–water partition coefficient (Wildman–Crippen LogP) is 3.29. The molecule has 12 nitrogen and oxygen atoms in total. The number of hydrogen-bond acceptors (Lipinski definition) is 14. The van der Waals surface area contributed by atoms with E-state index in [0.717, 1.165) is 99.3 Å². The number of amides is 2. The van der Waals surface area contributed by atoms with Crippen molar-refractivity contribution in [2.24, 2.45) is 20.4 Å². The van der Waals surface area contributed by atoms with Crippen LogP contribution in [0.1, 0.15) is 22.3 Å². The molecule has 51 heavy (non-hydrogen) atoms. The fourth-order valence-electron chi connectivity index (χ4n) is 5.89. The van der Waals surface area contributed by atoms with Gasteiger partial charge in [0.25, 0.3) is 11.8 Å². The Labute approximate surface area is 334 Å². The Morgan fingerprint density at radius 3 is 1.39 bits per heavy atom. The van der Waals surface area contributed by atoms with Gasteiger partial charge < -0.3 is 44.5 Å². The van der Waals surface area contributed by atoms with E-state index >= 15 is 0 Å². The molecule has 0 aliphatic carbocycles. The van der Waals surface area contributed by atoms with Gasteiger partial charge in [0.1, 0.15) is 0 Å². The first-order valence-corrected chi connectivity index (χ1v) is 19.7. The Morgan fingerprint density at radius 1 is 0.667 bits per heavy atom. The average Bonchev–Trinajstić information content (AvgIpc) is 3.55. The summed E-state index contributed by atoms with van der Waals surface area (Å²) in [6, 6.07) is 12.0. The number of fused-ring (bicyclic) bond motifs is 2. The molecule has 6 rings (SSSR count). The number of carbonyl (C=O) groups is 2. The summed E-state index contributed by atoms with van der Waals surface area (Å²) >= 11 is 12.8. The Morgan fingerprint density at radius 2 is 1.04 bits per heavy atom. The number of ether oxygens (including phenoxy) is 2. The first kappa shape index (κ1) is 41.5. The van der Waals surface area contributed by atoms with Gasteiger partial charge in [-0.1, -0.05) is 23.3 Å². The molecule has 0 radical (unpaired) electrons. The Bertz CT molecular complexity index is 1560. The van der Waals surface area contributed by atoms with Crippen molar-refractivity contribution >= 4 is 92.1 Å². The summed E-state index contributed by atoms with van der Waals surface area (Å²) in [4.78, 5) is 34.0. The van der Waals surface area contributed by atoms with Gasteiger partial charge in [-0.2, -0.15) is 10.2 Å². The molecular weight excluding hydrogens is 908 g/mol. The van der Waals surface area contributed by atoms with Crippen LogP contribution in [-0.4, -0.2) is 133 Å². The van der Waals surface area contributed by atoms with Crippen molar-refractivity contribution < 1.29 is 40.1 Å². The van der Waals surface area contributed by atoms with E-state index < -0.39 is 0 Å². The molecule has 2 saturated heterocycles. The number of thioether (sulfide) groups is 2. The number of hydrogen-bond donors (Lipinski definition) is 0. The molecule has 0 unspecified atom stereocenters. The van der Waals surface area contributed by atoms with E-state index in [1.165, 1.54) is 23.5 Å². The summed E-state index contributed by atoms with van der Waals surface area (Å²) in [5.41, 5.74) is 6.37. The zero-order chi connectivity index (χ0) is 35.6. The minimum absolute atomic E-state index is 0. The monoisotopic (exact) mass is 949 g/mol. The van der Waals surface area contributed by atoms with Gasteiger partial charge in [0.15, 0.2) is 11.4 Å². The fourth-order valence-corrected chi connectivity index (χ4v) is 6.21. The van der Waals surface area contributed by atoms with Gasteiger partial charge in [0.05, 0.1) is 37.8 Å². The zero-order valence-electron chi connectivity index (χ0n) is 29.1. The van der Waals surface area contributed by atoms with Crippen molar-refractivity contribution in [2.75, 3.05) is 101 Å². The third kappa shape index (κ3) is 10.9. The van der Waals surface area contributed by atoms with Crippen LogP contribution in [0.5, 0.6) is 0 Å². The van der Waals surface area contributed by atoms with Gasteiger partial charge in [-0.15, -0.1) is 33.7 Å². The Balaban J connectivity index is 0.000000224. The maximum absolute atomic E-state index is 12.9. The van der Waals surface area contributed by atoms with Crippen molar-refractivity contribution in [3.8, 4) is 0 Å². The summed E-state index contributed by atoms with van der Waals surface area (Å²) in [5, 5.41) is 16.3. The predicted molar refractivity (Wildman–Crippen MR) is 211 cm³/mol. The fraction of sp³-hybridized carbons (Fsp3) is 0.471. The minimum atomic E-state index is -0.110. The van der Waals surface area contributed by atoms with Crippen LogP contribution < -0.4 is 9.80 Å². The van der Waals surface area contributed by atoms with Crippen LogP contribution in [0.4, 0.5) is 11.4 Å². The normalized spacial score (nSPS) is 20.0. The molecule has 0 aromatic heterocycles. The molecule has 4 heterocycles. The third-order valence-corrected chi connectivity index (χ3v) is 10.6. The van der Waals surface area contributed by atoms with Crippen LogP contribution in [0, 0.1) is 13.8 Å². The van der Waals surface area contributed by atoms with E-state index in [0.29, 0.717) is 33.3 Å². The molecule has 0 atom stereocenters. The van der Waals surface area contributed by atoms with E-state index in [-0.39, 0.29) is 32.9 Å². The van der Waals surface area contributed by atoms with Gasteiger partial charge in [-0.3, -0.25) is 19.4 Å². The second kappa shape index (κ2) is 20.3. The van der Waals surface area contributed by atoms with E-state index in [1.54, 1.807) is 9.80 Å². The molecule has 0 N–H and O–H groups in total. The molecule has 0 spiro atoms. The SMILES string of the molecule is CS/C([S-])=N/N=C1/C(=O)N(CCN2CCOCC2)c2ccc(C)cc21.CS/C([S-])=N/N=C1/C(=O)N(CCN2CCOCC2)c2ccc(C)cc21.[Pt+2]. The molecule has 2 aromatic rings. The van der Waals surface area contributed by atoms with Crippen LogP contribution in [0.25, 0.3) is 0 Å². The smallest absolute Gasteiger partial charge is 0.752 e. The number of anilines is 2. The van der Waals surface area contributed by atoms with Crippen molar-refractivity contribution in [1.82, 2.24) is 9.80 Å². The second-order valence-electron chi connectivity index (χ2n) is 11.9. The van der Waals surface area contributed by atoms with Crippen LogP contribution in [-0.2, 0) is 65.4 Å². The third-order valence-electron chi connectivity index (χ3n) is 8.59. The molecule has 2 fully saturated rings. The quantitative estimate of drug-likeness (QED) is 0.169. The topological polar surface area (TPSA) is 115 Å². The Kier molecular flexibility index (Phi) is 16.5. The van der Waals surface area contributed by atoms with Gasteiger partial charge in [0, 0.05) is 63.5 Å². The Hall–Kier alpha value is -2.27. The molecule has 0 saturated carbocycles. The van der Waals surface area contributed by atoms with Crippen LogP contribution in [0.2, 0.25) is 0 Å². The van der Waals surface area contributed by atoms with E-state index in [4.69, 9.17) is 34.7 Å². The van der Waals surface area contributed by atoms with Crippen molar-refractivity contribution in [1.29, 1.82) is 0 Å². The number of benzene rings is 2. The minimum Gasteiger partial charge on any atom is -0.752 e. The zero-order valence-corrected chi connectivity index (χ0v) is 34.6. The van der Waals surface area contributed by atoms with Crippen LogP contribution >= 0.6 is 23.5 Å². The van der Waals surface area contributed by atoms with Gasteiger partial charge >= 0.3 is 21.1 Å². The van der Waals surface area contributed by atoms with Crippen molar-refractivity contribution in [3.05, 3.63) is 58.7 Å². The van der Waals surface area contributed by atoms with Crippen LogP contribution in [0.3, 0.4) is 0 Å². The number of rotatable bonds is 8.